The number of amides is 1. The zero-order valence-electron chi connectivity index (χ0n) is 11.9. The van der Waals surface area contributed by atoms with E-state index in [-0.39, 0.29) is 5.91 Å². The van der Waals surface area contributed by atoms with E-state index in [1.54, 1.807) is 0 Å². The summed E-state index contributed by atoms with van der Waals surface area (Å²) < 4.78 is 1.04. The van der Waals surface area contributed by atoms with Crippen LogP contribution in [0.25, 0.3) is 10.9 Å². The van der Waals surface area contributed by atoms with Gasteiger partial charge < -0.3 is 9.88 Å². The average Bonchev–Trinajstić information content (AvgIpc) is 2.75. The monoisotopic (exact) mass is 334 g/mol. The number of halogens is 1. The average molecular weight is 335 g/mol. The van der Waals surface area contributed by atoms with Crippen LogP contribution in [0.5, 0.6) is 0 Å². The molecule has 1 atom stereocenters. The molecule has 106 valence electrons. The summed E-state index contributed by atoms with van der Waals surface area (Å²) in [7, 11) is 0. The van der Waals surface area contributed by atoms with Crippen LogP contribution < -0.4 is 0 Å². The molecule has 1 aliphatic rings. The van der Waals surface area contributed by atoms with Crippen molar-refractivity contribution < 1.29 is 4.79 Å². The van der Waals surface area contributed by atoms with Crippen LogP contribution in [0.3, 0.4) is 0 Å². The molecule has 1 aromatic heterocycles. The number of rotatable bonds is 1. The van der Waals surface area contributed by atoms with E-state index in [4.69, 9.17) is 0 Å². The molecule has 1 N–H and O–H groups in total. The quantitative estimate of drug-likeness (QED) is 0.836. The maximum atomic E-state index is 12.7. The number of hydrogen-bond acceptors (Lipinski definition) is 1. The minimum absolute atomic E-state index is 0.140. The standard InChI is InChI=1S/C16H19BrN2O/c1-10-4-3-7-19(9-10)16(20)15-11(2)13-8-12(17)5-6-14(13)18-15/h5-6,8,10,18H,3-4,7,9H2,1-2H3. The van der Waals surface area contributed by atoms with Gasteiger partial charge in [-0.2, -0.15) is 0 Å². The van der Waals surface area contributed by atoms with Gasteiger partial charge in [0.1, 0.15) is 5.69 Å². The first-order valence-corrected chi connectivity index (χ1v) is 7.92. The normalized spacial score (nSPS) is 19.6. The fourth-order valence-corrected chi connectivity index (χ4v) is 3.41. The third-order valence-electron chi connectivity index (χ3n) is 4.18. The predicted molar refractivity (Wildman–Crippen MR) is 85.0 cm³/mol. The summed E-state index contributed by atoms with van der Waals surface area (Å²) in [5.41, 5.74) is 2.82. The predicted octanol–water partition coefficient (Wildman–Crippen LogP) is 4.11. The van der Waals surface area contributed by atoms with Crippen LogP contribution in [0.1, 0.15) is 35.8 Å². The van der Waals surface area contributed by atoms with Crippen molar-refractivity contribution in [3.8, 4) is 0 Å². The van der Waals surface area contributed by atoms with Gasteiger partial charge in [0.05, 0.1) is 0 Å². The summed E-state index contributed by atoms with van der Waals surface area (Å²) in [4.78, 5) is 18.0. The zero-order chi connectivity index (χ0) is 14.3. The Balaban J connectivity index is 1.97. The van der Waals surface area contributed by atoms with Gasteiger partial charge in [-0.15, -0.1) is 0 Å². The first kappa shape index (κ1) is 13.7. The molecule has 20 heavy (non-hydrogen) atoms. The second kappa shape index (κ2) is 5.24. The lowest BCUT2D eigenvalue weighted by atomic mass is 10.00. The van der Waals surface area contributed by atoms with E-state index in [1.165, 1.54) is 6.42 Å². The minimum atomic E-state index is 0.140. The van der Waals surface area contributed by atoms with E-state index in [9.17, 15) is 4.79 Å². The summed E-state index contributed by atoms with van der Waals surface area (Å²) in [6, 6.07) is 6.08. The molecule has 0 spiro atoms. The van der Waals surface area contributed by atoms with Crippen LogP contribution in [0.15, 0.2) is 22.7 Å². The molecule has 0 saturated carbocycles. The molecule has 1 saturated heterocycles. The van der Waals surface area contributed by atoms with Crippen LogP contribution in [-0.4, -0.2) is 28.9 Å². The van der Waals surface area contributed by atoms with Crippen molar-refractivity contribution in [2.24, 2.45) is 5.92 Å². The number of carbonyl (C=O) groups excluding carboxylic acids is 1. The maximum absolute atomic E-state index is 12.7. The topological polar surface area (TPSA) is 36.1 Å². The fraction of sp³-hybridized carbons (Fsp3) is 0.438. The molecule has 1 unspecified atom stereocenters. The zero-order valence-corrected chi connectivity index (χ0v) is 13.5. The Labute approximate surface area is 127 Å². The Morgan fingerprint density at radius 2 is 2.25 bits per heavy atom. The van der Waals surface area contributed by atoms with E-state index < -0.39 is 0 Å². The number of carbonyl (C=O) groups is 1. The summed E-state index contributed by atoms with van der Waals surface area (Å²) in [5.74, 6) is 0.743. The Kier molecular flexibility index (Phi) is 3.59. The van der Waals surface area contributed by atoms with Gasteiger partial charge in [-0.05, 0) is 49.4 Å². The van der Waals surface area contributed by atoms with Crippen molar-refractivity contribution in [2.75, 3.05) is 13.1 Å². The molecule has 1 aliphatic heterocycles. The molecular weight excluding hydrogens is 316 g/mol. The number of likely N-dealkylation sites (tertiary alicyclic amines) is 1. The number of fused-ring (bicyclic) bond motifs is 1. The van der Waals surface area contributed by atoms with Gasteiger partial charge in [-0.3, -0.25) is 4.79 Å². The van der Waals surface area contributed by atoms with Crippen molar-refractivity contribution in [3.63, 3.8) is 0 Å². The van der Waals surface area contributed by atoms with E-state index in [2.05, 4.69) is 33.9 Å². The highest BCUT2D eigenvalue weighted by molar-refractivity contribution is 9.10. The largest absolute Gasteiger partial charge is 0.350 e. The number of aromatic amines is 1. The number of H-pyrrole nitrogens is 1. The minimum Gasteiger partial charge on any atom is -0.350 e. The van der Waals surface area contributed by atoms with Crippen LogP contribution in [0.4, 0.5) is 0 Å². The van der Waals surface area contributed by atoms with E-state index in [0.717, 1.165) is 46.1 Å². The molecule has 1 aromatic carbocycles. The molecule has 0 bridgehead atoms. The van der Waals surface area contributed by atoms with Gasteiger partial charge in [0, 0.05) is 28.5 Å². The summed E-state index contributed by atoms with van der Waals surface area (Å²) >= 11 is 3.49. The molecular formula is C16H19BrN2O. The molecule has 0 aliphatic carbocycles. The second-order valence-corrected chi connectivity index (χ2v) is 6.73. The fourth-order valence-electron chi connectivity index (χ4n) is 3.04. The van der Waals surface area contributed by atoms with E-state index >= 15 is 0 Å². The smallest absolute Gasteiger partial charge is 0.270 e. The number of piperidine rings is 1. The van der Waals surface area contributed by atoms with Gasteiger partial charge >= 0.3 is 0 Å². The molecule has 0 radical (unpaired) electrons. The number of aryl methyl sites for hydroxylation is 1. The van der Waals surface area contributed by atoms with Crippen LogP contribution in [-0.2, 0) is 0 Å². The van der Waals surface area contributed by atoms with Crippen LogP contribution in [0.2, 0.25) is 0 Å². The first-order valence-electron chi connectivity index (χ1n) is 7.13. The number of nitrogens with zero attached hydrogens (tertiary/aromatic N) is 1. The van der Waals surface area contributed by atoms with Crippen LogP contribution in [0, 0.1) is 12.8 Å². The molecule has 1 amide bonds. The Morgan fingerprint density at radius 3 is 3.00 bits per heavy atom. The molecule has 3 rings (SSSR count). The highest BCUT2D eigenvalue weighted by Crippen LogP contribution is 2.27. The maximum Gasteiger partial charge on any atom is 0.270 e. The van der Waals surface area contributed by atoms with Crippen molar-refractivity contribution in [3.05, 3.63) is 33.9 Å². The lowest BCUT2D eigenvalue weighted by Crippen LogP contribution is -2.39. The summed E-state index contributed by atoms with van der Waals surface area (Å²) in [6.45, 7) is 5.99. The molecule has 2 heterocycles. The Morgan fingerprint density at radius 1 is 1.45 bits per heavy atom. The van der Waals surface area contributed by atoms with E-state index in [0.29, 0.717) is 5.92 Å². The van der Waals surface area contributed by atoms with E-state index in [1.807, 2.05) is 24.0 Å². The first-order chi connectivity index (χ1) is 9.56. The number of aromatic nitrogens is 1. The van der Waals surface area contributed by atoms with Gasteiger partial charge in [0.2, 0.25) is 0 Å². The third-order valence-corrected chi connectivity index (χ3v) is 4.67. The van der Waals surface area contributed by atoms with Gasteiger partial charge in [-0.25, -0.2) is 0 Å². The van der Waals surface area contributed by atoms with Crippen molar-refractivity contribution in [1.82, 2.24) is 9.88 Å². The van der Waals surface area contributed by atoms with Crippen LogP contribution >= 0.6 is 15.9 Å². The molecule has 3 nitrogen and oxygen atoms in total. The molecule has 4 heteroatoms. The van der Waals surface area contributed by atoms with Gasteiger partial charge in [0.25, 0.3) is 5.91 Å². The lowest BCUT2D eigenvalue weighted by molar-refractivity contribution is 0.0677. The number of benzene rings is 1. The Hall–Kier alpha value is -1.29. The summed E-state index contributed by atoms with van der Waals surface area (Å²) in [6.07, 6.45) is 2.33. The number of nitrogens with one attached hydrogen (secondary N) is 1. The molecule has 2 aromatic rings. The van der Waals surface area contributed by atoms with Crippen molar-refractivity contribution in [2.45, 2.75) is 26.7 Å². The SMILES string of the molecule is Cc1c(C(=O)N2CCCC(C)C2)[nH]c2ccc(Br)cc12. The van der Waals surface area contributed by atoms with Crippen molar-refractivity contribution >= 4 is 32.7 Å². The molecule has 1 fully saturated rings. The third kappa shape index (κ3) is 2.37. The van der Waals surface area contributed by atoms with Crippen molar-refractivity contribution in [1.29, 1.82) is 0 Å². The summed E-state index contributed by atoms with van der Waals surface area (Å²) in [5, 5.41) is 1.12. The van der Waals surface area contributed by atoms with Gasteiger partial charge in [-0.1, -0.05) is 22.9 Å². The number of hydrogen-bond donors (Lipinski definition) is 1. The highest BCUT2D eigenvalue weighted by atomic mass is 79.9. The second-order valence-electron chi connectivity index (χ2n) is 5.81. The highest BCUT2D eigenvalue weighted by Gasteiger charge is 2.24. The lowest BCUT2D eigenvalue weighted by Gasteiger charge is -2.30. The Bertz CT molecular complexity index is 662. The van der Waals surface area contributed by atoms with Gasteiger partial charge in [0.15, 0.2) is 0 Å².